The zero-order valence-electron chi connectivity index (χ0n) is 22.0. The molecule has 1 N–H and O–H groups in total. The van der Waals surface area contributed by atoms with Gasteiger partial charge >= 0.3 is 0 Å². The van der Waals surface area contributed by atoms with Gasteiger partial charge in [0.25, 0.3) is 5.91 Å². The number of carbonyl (C=O) groups excluding carboxylic acids is 2. The highest BCUT2D eigenvalue weighted by Gasteiger charge is 2.22. The molecule has 0 radical (unpaired) electrons. The van der Waals surface area contributed by atoms with Gasteiger partial charge in [0.1, 0.15) is 11.5 Å². The van der Waals surface area contributed by atoms with Crippen LogP contribution in [0.1, 0.15) is 56.0 Å². The van der Waals surface area contributed by atoms with Gasteiger partial charge < -0.3 is 14.4 Å². The third-order valence-corrected chi connectivity index (χ3v) is 5.90. The fourth-order valence-electron chi connectivity index (χ4n) is 3.74. The molecule has 0 saturated heterocycles. The Bertz CT molecular complexity index is 1210. The van der Waals surface area contributed by atoms with Crippen molar-refractivity contribution in [3.8, 4) is 11.5 Å². The minimum atomic E-state index is -0.211. The summed E-state index contributed by atoms with van der Waals surface area (Å²) in [6.45, 7) is 6.52. The molecule has 0 atom stereocenters. The van der Waals surface area contributed by atoms with Crippen molar-refractivity contribution in [1.29, 1.82) is 0 Å². The van der Waals surface area contributed by atoms with Crippen LogP contribution in [0.2, 0.25) is 5.02 Å². The smallest absolute Gasteiger partial charge is 0.260 e. The summed E-state index contributed by atoms with van der Waals surface area (Å²) < 4.78 is 11.6. The Hall–Kier alpha value is -3.84. The highest BCUT2D eigenvalue weighted by molar-refractivity contribution is 6.34. The summed E-state index contributed by atoms with van der Waals surface area (Å²) in [4.78, 5) is 25.8. The van der Waals surface area contributed by atoms with Gasteiger partial charge in [0.05, 0.1) is 30.0 Å². The molecule has 3 aromatic rings. The van der Waals surface area contributed by atoms with Crippen molar-refractivity contribution in [1.82, 2.24) is 5.43 Å². The number of carbonyl (C=O) groups is 2. The molecule has 3 aromatic carbocycles. The van der Waals surface area contributed by atoms with Gasteiger partial charge in [-0.2, -0.15) is 5.10 Å². The number of hydrogen-bond acceptors (Lipinski definition) is 5. The fourth-order valence-corrected chi connectivity index (χ4v) is 3.99. The van der Waals surface area contributed by atoms with Crippen molar-refractivity contribution < 1.29 is 19.1 Å². The summed E-state index contributed by atoms with van der Waals surface area (Å²) in [6, 6.07) is 22.3. The molecule has 0 bridgehead atoms. The van der Waals surface area contributed by atoms with Crippen LogP contribution in [-0.4, -0.2) is 37.3 Å². The molecule has 8 heteroatoms. The van der Waals surface area contributed by atoms with E-state index in [0.29, 0.717) is 29.5 Å². The number of halogens is 1. The molecular formula is C30H34ClN3O4. The van der Waals surface area contributed by atoms with E-state index in [9.17, 15) is 9.59 Å². The molecule has 0 heterocycles. The first-order valence-electron chi connectivity index (χ1n) is 12.7. The maximum atomic E-state index is 13.2. The molecule has 0 aliphatic carbocycles. The molecule has 0 aliphatic heterocycles. The summed E-state index contributed by atoms with van der Waals surface area (Å²) in [5, 5.41) is 4.21. The lowest BCUT2D eigenvalue weighted by atomic mass is 10.1. The summed E-state index contributed by atoms with van der Waals surface area (Å²) in [5.74, 6) is 1.07. The Kier molecular flexibility index (Phi) is 11.2. The number of para-hydroxylation sites is 1. The van der Waals surface area contributed by atoms with Crippen molar-refractivity contribution in [2.24, 2.45) is 5.10 Å². The van der Waals surface area contributed by atoms with Crippen LogP contribution in [0.3, 0.4) is 0 Å². The molecule has 3 rings (SSSR count). The van der Waals surface area contributed by atoms with Gasteiger partial charge in [0.2, 0.25) is 5.91 Å². The lowest BCUT2D eigenvalue weighted by Gasteiger charge is -2.27. The average molecular weight is 536 g/mol. The molecule has 0 saturated carbocycles. The minimum Gasteiger partial charge on any atom is -0.494 e. The average Bonchev–Trinajstić information content (AvgIpc) is 2.89. The number of amides is 2. The molecular weight excluding hydrogens is 502 g/mol. The summed E-state index contributed by atoms with van der Waals surface area (Å²) >= 11 is 6.48. The predicted molar refractivity (Wildman–Crippen MR) is 153 cm³/mol. The predicted octanol–water partition coefficient (Wildman–Crippen LogP) is 6.49. The Morgan fingerprint density at radius 1 is 0.921 bits per heavy atom. The van der Waals surface area contributed by atoms with Gasteiger partial charge in [0, 0.05) is 18.7 Å². The monoisotopic (exact) mass is 535 g/mol. The third-order valence-electron chi connectivity index (χ3n) is 5.58. The third kappa shape index (κ3) is 8.92. The first-order valence-corrected chi connectivity index (χ1v) is 13.1. The van der Waals surface area contributed by atoms with Crippen molar-refractivity contribution in [2.45, 2.75) is 46.1 Å². The van der Waals surface area contributed by atoms with E-state index < -0.39 is 0 Å². The number of ether oxygens (including phenoxy) is 2. The molecule has 0 spiro atoms. The Morgan fingerprint density at radius 3 is 2.16 bits per heavy atom. The molecule has 0 fully saturated rings. The zero-order valence-corrected chi connectivity index (χ0v) is 22.8. The molecule has 7 nitrogen and oxygen atoms in total. The van der Waals surface area contributed by atoms with E-state index in [4.69, 9.17) is 21.1 Å². The van der Waals surface area contributed by atoms with Crippen LogP contribution in [0, 0.1) is 0 Å². The normalized spacial score (nSPS) is 11.0. The number of benzene rings is 3. The van der Waals surface area contributed by atoms with E-state index in [-0.39, 0.29) is 17.9 Å². The highest BCUT2D eigenvalue weighted by Crippen LogP contribution is 2.27. The second-order valence-electron chi connectivity index (χ2n) is 9.00. The molecule has 0 unspecified atom stereocenters. The van der Waals surface area contributed by atoms with Crippen LogP contribution >= 0.6 is 11.6 Å². The number of rotatable bonds is 13. The standard InChI is InChI=1S/C30H34ClN3O4/c1-22(2)34(25-10-6-4-7-11-25)30(36)28-17-16-27(20-29(28)31)38-19-9-5-8-18-37-26-14-12-24(13-15-26)21-32-33-23(3)35/h4,6-7,10-17,20-22H,5,8-9,18-19H2,1-3H3,(H,33,35). The summed E-state index contributed by atoms with van der Waals surface area (Å²) in [7, 11) is 0. The molecule has 38 heavy (non-hydrogen) atoms. The van der Waals surface area contributed by atoms with Gasteiger partial charge in [-0.25, -0.2) is 5.43 Å². The highest BCUT2D eigenvalue weighted by atomic mass is 35.5. The van der Waals surface area contributed by atoms with Crippen molar-refractivity contribution >= 4 is 35.3 Å². The SMILES string of the molecule is CC(=O)NN=Cc1ccc(OCCCCCOc2ccc(C(=O)N(c3ccccc3)C(C)C)c(Cl)c2)cc1. The van der Waals surface area contributed by atoms with Gasteiger partial charge in [-0.1, -0.05) is 29.8 Å². The van der Waals surface area contributed by atoms with E-state index in [2.05, 4.69) is 10.5 Å². The first kappa shape index (κ1) is 28.7. The van der Waals surface area contributed by atoms with E-state index in [0.717, 1.165) is 36.3 Å². The number of nitrogens with zero attached hydrogens (tertiary/aromatic N) is 2. The molecule has 2 amide bonds. The Balaban J connectivity index is 1.39. The number of nitrogens with one attached hydrogen (secondary N) is 1. The fraction of sp³-hybridized carbons (Fsp3) is 0.300. The summed E-state index contributed by atoms with van der Waals surface area (Å²) in [6.07, 6.45) is 4.30. The van der Waals surface area contributed by atoms with Gasteiger partial charge in [-0.15, -0.1) is 0 Å². The van der Waals surface area contributed by atoms with Crippen LogP contribution in [0.15, 0.2) is 77.9 Å². The Morgan fingerprint density at radius 2 is 1.55 bits per heavy atom. The summed E-state index contributed by atoms with van der Waals surface area (Å²) in [5.41, 5.74) is 4.51. The number of anilines is 1. The second-order valence-corrected chi connectivity index (χ2v) is 9.41. The van der Waals surface area contributed by atoms with E-state index in [1.54, 1.807) is 29.3 Å². The van der Waals surface area contributed by atoms with Crippen LogP contribution < -0.4 is 19.8 Å². The first-order chi connectivity index (χ1) is 18.3. The van der Waals surface area contributed by atoms with E-state index in [1.165, 1.54) is 6.92 Å². The van der Waals surface area contributed by atoms with E-state index in [1.807, 2.05) is 68.4 Å². The van der Waals surface area contributed by atoms with Crippen molar-refractivity contribution in [3.63, 3.8) is 0 Å². The van der Waals surface area contributed by atoms with Gasteiger partial charge in [0.15, 0.2) is 0 Å². The number of hydrogen-bond donors (Lipinski definition) is 1. The van der Waals surface area contributed by atoms with Crippen LogP contribution in [0.5, 0.6) is 11.5 Å². The van der Waals surface area contributed by atoms with Crippen LogP contribution in [0.25, 0.3) is 0 Å². The molecule has 0 aliphatic rings. The van der Waals surface area contributed by atoms with Gasteiger partial charge in [-0.3, -0.25) is 9.59 Å². The second kappa shape index (κ2) is 14.8. The topological polar surface area (TPSA) is 80.2 Å². The van der Waals surface area contributed by atoms with Crippen LogP contribution in [-0.2, 0) is 4.79 Å². The van der Waals surface area contributed by atoms with Gasteiger partial charge in [-0.05, 0) is 93.3 Å². The maximum absolute atomic E-state index is 13.2. The number of hydrazone groups is 1. The van der Waals surface area contributed by atoms with Crippen molar-refractivity contribution in [3.05, 3.63) is 88.9 Å². The van der Waals surface area contributed by atoms with Crippen LogP contribution in [0.4, 0.5) is 5.69 Å². The lowest BCUT2D eigenvalue weighted by molar-refractivity contribution is -0.118. The number of unbranched alkanes of at least 4 members (excludes halogenated alkanes) is 2. The quantitative estimate of drug-likeness (QED) is 0.154. The minimum absolute atomic E-state index is 0.0177. The molecule has 0 aromatic heterocycles. The van der Waals surface area contributed by atoms with E-state index >= 15 is 0 Å². The lowest BCUT2D eigenvalue weighted by Crippen LogP contribution is -2.37. The van der Waals surface area contributed by atoms with Crippen molar-refractivity contribution in [2.75, 3.05) is 18.1 Å². The molecule has 200 valence electrons. The Labute approximate surface area is 229 Å². The maximum Gasteiger partial charge on any atom is 0.260 e. The largest absolute Gasteiger partial charge is 0.494 e. The zero-order chi connectivity index (χ0) is 27.3.